The molecule has 0 saturated carbocycles. The van der Waals surface area contributed by atoms with Crippen molar-refractivity contribution in [3.63, 3.8) is 0 Å². The van der Waals surface area contributed by atoms with Gasteiger partial charge in [-0.25, -0.2) is 8.42 Å². The molecule has 28 heavy (non-hydrogen) atoms. The summed E-state index contributed by atoms with van der Waals surface area (Å²) in [5.74, 6) is -0.162. The lowest BCUT2D eigenvalue weighted by atomic mass is 10.2. The molecule has 0 bridgehead atoms. The molecule has 1 saturated heterocycles. The molecule has 0 atom stereocenters. The van der Waals surface area contributed by atoms with E-state index in [2.05, 4.69) is 17.0 Å². The lowest BCUT2D eigenvalue weighted by molar-refractivity contribution is -0.131. The van der Waals surface area contributed by atoms with Crippen molar-refractivity contribution in [2.45, 2.75) is 13.5 Å². The third-order valence-corrected chi connectivity index (χ3v) is 6.12. The largest absolute Gasteiger partial charge is 0.339 e. The fourth-order valence-electron chi connectivity index (χ4n) is 3.33. The van der Waals surface area contributed by atoms with E-state index in [1.807, 2.05) is 37.3 Å². The van der Waals surface area contributed by atoms with Crippen LogP contribution in [0.5, 0.6) is 0 Å². The van der Waals surface area contributed by atoms with Gasteiger partial charge in [-0.05, 0) is 24.6 Å². The Balaban J connectivity index is 1.60. The summed E-state index contributed by atoms with van der Waals surface area (Å²) >= 11 is 0. The smallest absolute Gasteiger partial charge is 0.243 e. The second-order valence-electron chi connectivity index (χ2n) is 7.25. The summed E-state index contributed by atoms with van der Waals surface area (Å²) in [5, 5.41) is 0. The number of carbonyl (C=O) groups excluding carboxylic acids is 1. The van der Waals surface area contributed by atoms with Gasteiger partial charge in [0.05, 0.1) is 11.9 Å². The summed E-state index contributed by atoms with van der Waals surface area (Å²) in [7, 11) is -3.54. The van der Waals surface area contributed by atoms with Gasteiger partial charge in [-0.3, -0.25) is 14.0 Å². The third kappa shape index (κ3) is 5.33. The highest BCUT2D eigenvalue weighted by Crippen LogP contribution is 2.19. The first-order valence-electron chi connectivity index (χ1n) is 9.41. The van der Waals surface area contributed by atoms with E-state index in [1.165, 1.54) is 9.87 Å². The first-order chi connectivity index (χ1) is 13.3. The van der Waals surface area contributed by atoms with Crippen LogP contribution in [-0.4, -0.2) is 63.1 Å². The number of hydrogen-bond donors (Lipinski definition) is 0. The summed E-state index contributed by atoms with van der Waals surface area (Å²) in [6.45, 7) is 5.42. The number of sulfonamides is 1. The van der Waals surface area contributed by atoms with E-state index in [1.54, 1.807) is 17.0 Å². The van der Waals surface area contributed by atoms with Crippen molar-refractivity contribution in [1.29, 1.82) is 0 Å². The number of carbonyl (C=O) groups is 1. The van der Waals surface area contributed by atoms with E-state index in [9.17, 15) is 13.2 Å². The zero-order chi connectivity index (χ0) is 20.1. The molecule has 0 spiro atoms. The van der Waals surface area contributed by atoms with Crippen molar-refractivity contribution in [3.05, 3.63) is 65.7 Å². The third-order valence-electron chi connectivity index (χ3n) is 4.98. The highest BCUT2D eigenvalue weighted by Gasteiger charge is 2.26. The Kier molecular flexibility index (Phi) is 6.36. The van der Waals surface area contributed by atoms with Crippen LogP contribution in [0.25, 0.3) is 0 Å². The lowest BCUT2D eigenvalue weighted by Gasteiger charge is -2.35. The van der Waals surface area contributed by atoms with Crippen LogP contribution in [0.2, 0.25) is 0 Å². The number of hydrogen-bond acceptors (Lipinski definition) is 4. The Bertz CT molecular complexity index is 890. The fraction of sp³-hybridized carbons (Fsp3) is 0.381. The van der Waals surface area contributed by atoms with Crippen LogP contribution in [0.15, 0.2) is 54.6 Å². The van der Waals surface area contributed by atoms with Gasteiger partial charge in [-0.1, -0.05) is 48.0 Å². The first-order valence-corrected chi connectivity index (χ1v) is 11.3. The molecule has 2 aromatic rings. The quantitative estimate of drug-likeness (QED) is 0.744. The summed E-state index contributed by atoms with van der Waals surface area (Å²) < 4.78 is 25.7. The second kappa shape index (κ2) is 8.75. The standard InChI is InChI=1S/C21H27N3O3S/c1-18-8-10-20(11-9-18)24(28(2,26)27)17-21(25)23-14-12-22(13-15-23)16-19-6-4-3-5-7-19/h3-11H,12-17H2,1-2H3. The number of amides is 1. The molecule has 1 amide bonds. The number of piperazine rings is 1. The molecule has 7 heteroatoms. The molecule has 1 aliphatic rings. The van der Waals surface area contributed by atoms with Crippen LogP contribution in [0, 0.1) is 6.92 Å². The highest BCUT2D eigenvalue weighted by molar-refractivity contribution is 7.92. The molecule has 0 unspecified atom stereocenters. The zero-order valence-corrected chi connectivity index (χ0v) is 17.2. The predicted octanol–water partition coefficient (Wildman–Crippen LogP) is 2.11. The van der Waals surface area contributed by atoms with Gasteiger partial charge in [0.15, 0.2) is 0 Å². The van der Waals surface area contributed by atoms with Crippen LogP contribution >= 0.6 is 0 Å². The van der Waals surface area contributed by atoms with Crippen molar-refractivity contribution in [2.24, 2.45) is 0 Å². The molecule has 150 valence electrons. The molecule has 1 fully saturated rings. The zero-order valence-electron chi connectivity index (χ0n) is 16.4. The van der Waals surface area contributed by atoms with Gasteiger partial charge in [0, 0.05) is 32.7 Å². The van der Waals surface area contributed by atoms with E-state index in [4.69, 9.17) is 0 Å². The minimum absolute atomic E-state index is 0.162. The Morgan fingerprint density at radius 3 is 2.14 bits per heavy atom. The number of benzene rings is 2. The van der Waals surface area contributed by atoms with Gasteiger partial charge in [-0.2, -0.15) is 0 Å². The molecule has 0 radical (unpaired) electrons. The summed E-state index contributed by atoms with van der Waals surface area (Å²) in [6, 6.07) is 17.4. The molecule has 3 rings (SSSR count). The van der Waals surface area contributed by atoms with Crippen molar-refractivity contribution in [2.75, 3.05) is 43.3 Å². The Labute approximate surface area is 167 Å². The number of anilines is 1. The average Bonchev–Trinajstić information content (AvgIpc) is 2.67. The van der Waals surface area contributed by atoms with E-state index in [0.29, 0.717) is 18.8 Å². The van der Waals surface area contributed by atoms with E-state index in [-0.39, 0.29) is 12.5 Å². The predicted molar refractivity (Wildman–Crippen MR) is 112 cm³/mol. The maximum absolute atomic E-state index is 12.8. The normalized spacial score (nSPS) is 15.4. The SMILES string of the molecule is Cc1ccc(N(CC(=O)N2CCN(Cc3ccccc3)CC2)S(C)(=O)=O)cc1. The summed E-state index contributed by atoms with van der Waals surface area (Å²) in [5.41, 5.74) is 2.81. The monoisotopic (exact) mass is 401 g/mol. The van der Waals surface area contributed by atoms with Crippen molar-refractivity contribution in [1.82, 2.24) is 9.80 Å². The van der Waals surface area contributed by atoms with E-state index in [0.717, 1.165) is 31.5 Å². The number of rotatable bonds is 6. The Hall–Kier alpha value is -2.38. The van der Waals surface area contributed by atoms with Crippen LogP contribution in [0.4, 0.5) is 5.69 Å². The number of aryl methyl sites for hydroxylation is 1. The summed E-state index contributed by atoms with van der Waals surface area (Å²) in [6.07, 6.45) is 1.14. The number of nitrogens with zero attached hydrogens (tertiary/aromatic N) is 3. The van der Waals surface area contributed by atoms with E-state index < -0.39 is 10.0 Å². The van der Waals surface area contributed by atoms with Gasteiger partial charge in [0.2, 0.25) is 15.9 Å². The van der Waals surface area contributed by atoms with Gasteiger partial charge in [-0.15, -0.1) is 0 Å². The van der Waals surface area contributed by atoms with Crippen LogP contribution in [0.1, 0.15) is 11.1 Å². The van der Waals surface area contributed by atoms with Gasteiger partial charge >= 0.3 is 0 Å². The molecular weight excluding hydrogens is 374 g/mol. The molecule has 6 nitrogen and oxygen atoms in total. The van der Waals surface area contributed by atoms with Crippen molar-refractivity contribution < 1.29 is 13.2 Å². The minimum Gasteiger partial charge on any atom is -0.339 e. The fourth-order valence-corrected chi connectivity index (χ4v) is 4.18. The minimum atomic E-state index is -3.54. The lowest BCUT2D eigenvalue weighted by Crippen LogP contribution is -2.51. The molecule has 0 aliphatic carbocycles. The maximum atomic E-state index is 12.8. The molecule has 0 N–H and O–H groups in total. The van der Waals surface area contributed by atoms with Gasteiger partial charge in [0.1, 0.15) is 6.54 Å². The van der Waals surface area contributed by atoms with Crippen LogP contribution in [-0.2, 0) is 21.4 Å². The molecule has 2 aromatic carbocycles. The summed E-state index contributed by atoms with van der Waals surface area (Å²) in [4.78, 5) is 16.8. The van der Waals surface area contributed by atoms with E-state index >= 15 is 0 Å². The Morgan fingerprint density at radius 1 is 0.964 bits per heavy atom. The highest BCUT2D eigenvalue weighted by atomic mass is 32.2. The average molecular weight is 402 g/mol. The van der Waals surface area contributed by atoms with Crippen molar-refractivity contribution >= 4 is 21.6 Å². The first kappa shape index (κ1) is 20.4. The molecule has 1 heterocycles. The topological polar surface area (TPSA) is 60.9 Å². The molecule has 1 aliphatic heterocycles. The Morgan fingerprint density at radius 2 is 1.57 bits per heavy atom. The maximum Gasteiger partial charge on any atom is 0.243 e. The van der Waals surface area contributed by atoms with Crippen LogP contribution in [0.3, 0.4) is 0 Å². The van der Waals surface area contributed by atoms with Crippen LogP contribution < -0.4 is 4.31 Å². The van der Waals surface area contributed by atoms with Crippen molar-refractivity contribution in [3.8, 4) is 0 Å². The second-order valence-corrected chi connectivity index (χ2v) is 9.15. The van der Waals surface area contributed by atoms with Gasteiger partial charge in [0.25, 0.3) is 0 Å². The molecular formula is C21H27N3O3S. The molecule has 0 aromatic heterocycles. The van der Waals surface area contributed by atoms with Gasteiger partial charge < -0.3 is 4.90 Å².